The van der Waals surface area contributed by atoms with Gasteiger partial charge < -0.3 is 0 Å². The van der Waals surface area contributed by atoms with Gasteiger partial charge in [-0.2, -0.15) is 0 Å². The number of hydrogen-bond acceptors (Lipinski definition) is 3. The summed E-state index contributed by atoms with van der Waals surface area (Å²) in [5.41, 5.74) is 2.15. The van der Waals surface area contributed by atoms with Crippen LogP contribution in [-0.2, 0) is 14.8 Å². The maximum Gasteiger partial charge on any atom is 0.264 e. The van der Waals surface area contributed by atoms with Crippen LogP contribution in [0.25, 0.3) is 0 Å². The summed E-state index contributed by atoms with van der Waals surface area (Å²) in [6.45, 7) is 11.3. The number of hydrogen-bond donors (Lipinski definition) is 1. The number of rotatable bonds is 6. The van der Waals surface area contributed by atoms with Crippen molar-refractivity contribution in [1.29, 1.82) is 0 Å². The number of nitrogens with one attached hydrogen (secondary N) is 1. The summed E-state index contributed by atoms with van der Waals surface area (Å²) in [6.07, 6.45) is 20.1. The first-order valence-electron chi connectivity index (χ1n) is 12.9. The first-order valence-corrected chi connectivity index (χ1v) is 15.5. The summed E-state index contributed by atoms with van der Waals surface area (Å²) < 4.78 is 28.0. The lowest BCUT2D eigenvalue weighted by atomic mass is 9.46. The summed E-state index contributed by atoms with van der Waals surface area (Å²) in [7, 11) is -3.88. The lowest BCUT2D eigenvalue weighted by Crippen LogP contribution is -2.49. The van der Waals surface area contributed by atoms with Crippen molar-refractivity contribution >= 4 is 38.5 Å². The monoisotopic (exact) mass is 619 g/mol. The standard InChI is InChI=1S/C30H38INO3S/c1-5-28(2)20-16-25-22(21-28)10-15-26-29(3,18-8-19-30(25,26)4)17-7-6-9-27(33)32-36(34,35)24-13-11-23(31)12-14-24/h5-7,9,11-14,16-17,22,26H,1,8,10,15,18-21H2,2-4H3,(H,32,33)/b9-6+,17-7+/t22?,26?,28-,29+,30-/m0/s1. The fourth-order valence-electron chi connectivity index (χ4n) is 7.12. The number of benzene rings is 1. The van der Waals surface area contributed by atoms with Crippen LogP contribution in [0.5, 0.6) is 0 Å². The lowest BCUT2D eigenvalue weighted by molar-refractivity contribution is -0.114. The Morgan fingerprint density at radius 3 is 2.53 bits per heavy atom. The van der Waals surface area contributed by atoms with Crippen LogP contribution in [0.4, 0.5) is 0 Å². The first-order chi connectivity index (χ1) is 16.9. The molecule has 0 aromatic heterocycles. The van der Waals surface area contributed by atoms with Crippen molar-refractivity contribution < 1.29 is 13.2 Å². The highest BCUT2D eigenvalue weighted by molar-refractivity contribution is 14.1. The molecule has 0 bridgehead atoms. The van der Waals surface area contributed by atoms with E-state index in [1.807, 2.05) is 6.08 Å². The molecule has 2 unspecified atom stereocenters. The predicted molar refractivity (Wildman–Crippen MR) is 155 cm³/mol. The molecule has 3 aliphatic carbocycles. The molecule has 1 aromatic rings. The molecule has 1 aromatic carbocycles. The van der Waals surface area contributed by atoms with Crippen LogP contribution in [0.3, 0.4) is 0 Å². The van der Waals surface area contributed by atoms with Crippen molar-refractivity contribution in [3.05, 3.63) is 76.4 Å². The van der Waals surface area contributed by atoms with Gasteiger partial charge in [0.05, 0.1) is 4.90 Å². The quantitative estimate of drug-likeness (QED) is 0.157. The van der Waals surface area contributed by atoms with Crippen LogP contribution in [0.1, 0.15) is 65.7 Å². The van der Waals surface area contributed by atoms with Crippen LogP contribution in [-0.4, -0.2) is 14.3 Å². The Morgan fingerprint density at radius 2 is 1.83 bits per heavy atom. The van der Waals surface area contributed by atoms with Crippen LogP contribution in [0.15, 0.2) is 77.8 Å². The van der Waals surface area contributed by atoms with Gasteiger partial charge in [0, 0.05) is 9.65 Å². The smallest absolute Gasteiger partial charge is 0.264 e. The molecule has 6 heteroatoms. The van der Waals surface area contributed by atoms with E-state index >= 15 is 0 Å². The number of allylic oxidation sites excluding steroid dienone is 6. The largest absolute Gasteiger partial charge is 0.269 e. The molecular weight excluding hydrogens is 581 g/mol. The molecule has 4 nitrogen and oxygen atoms in total. The lowest BCUT2D eigenvalue weighted by Gasteiger charge is -2.58. The summed E-state index contributed by atoms with van der Waals surface area (Å²) >= 11 is 2.11. The highest BCUT2D eigenvalue weighted by atomic mass is 127. The second kappa shape index (κ2) is 10.2. The molecule has 3 aliphatic rings. The van der Waals surface area contributed by atoms with E-state index < -0.39 is 15.9 Å². The molecule has 4 rings (SSSR count). The molecule has 0 heterocycles. The van der Waals surface area contributed by atoms with E-state index in [0.717, 1.165) is 16.4 Å². The second-order valence-corrected chi connectivity index (χ2v) is 14.6. The summed E-state index contributed by atoms with van der Waals surface area (Å²) in [4.78, 5) is 12.4. The molecular formula is C30H38INO3S. The van der Waals surface area contributed by atoms with E-state index in [9.17, 15) is 13.2 Å². The van der Waals surface area contributed by atoms with E-state index in [1.165, 1.54) is 50.3 Å². The molecule has 0 saturated heterocycles. The SMILES string of the molecule is C=C[C@@]1(C)CC=C2C(CCC3[C@@]2(C)CCC[C@@]3(C)/C=C/C=C/C(=O)NS(=O)(=O)c2ccc(I)cc2)C1. The minimum atomic E-state index is -3.88. The Bertz CT molecular complexity index is 1220. The zero-order valence-electron chi connectivity index (χ0n) is 21.6. The third-order valence-electron chi connectivity index (χ3n) is 9.07. The van der Waals surface area contributed by atoms with Gasteiger partial charge in [-0.3, -0.25) is 4.79 Å². The number of amides is 1. The van der Waals surface area contributed by atoms with E-state index in [-0.39, 0.29) is 21.1 Å². The summed E-state index contributed by atoms with van der Waals surface area (Å²) in [5.74, 6) is 0.581. The number of carbonyl (C=O) groups excluding carboxylic acids is 1. The molecule has 1 amide bonds. The Balaban J connectivity index is 1.45. The predicted octanol–water partition coefficient (Wildman–Crippen LogP) is 7.34. The van der Waals surface area contributed by atoms with E-state index in [1.54, 1.807) is 23.8 Å². The zero-order valence-corrected chi connectivity index (χ0v) is 24.6. The van der Waals surface area contributed by atoms with Gasteiger partial charge in [-0.05, 0) is 113 Å². The van der Waals surface area contributed by atoms with E-state index in [4.69, 9.17) is 0 Å². The van der Waals surface area contributed by atoms with Crippen molar-refractivity contribution in [2.45, 2.75) is 70.6 Å². The van der Waals surface area contributed by atoms with Crippen molar-refractivity contribution in [1.82, 2.24) is 4.72 Å². The minimum absolute atomic E-state index is 0.0477. The molecule has 1 N–H and O–H groups in total. The fraction of sp³-hybridized carbons (Fsp3) is 0.500. The molecule has 0 spiro atoms. The second-order valence-electron chi connectivity index (χ2n) is 11.7. The van der Waals surface area contributed by atoms with Crippen LogP contribution < -0.4 is 4.72 Å². The van der Waals surface area contributed by atoms with Gasteiger partial charge in [-0.1, -0.05) is 63.1 Å². The van der Waals surface area contributed by atoms with Gasteiger partial charge in [0.25, 0.3) is 15.9 Å². The Morgan fingerprint density at radius 1 is 1.11 bits per heavy atom. The summed E-state index contributed by atoms with van der Waals surface area (Å²) in [6, 6.07) is 6.39. The summed E-state index contributed by atoms with van der Waals surface area (Å²) in [5, 5.41) is 0. The van der Waals surface area contributed by atoms with Gasteiger partial charge in [0.2, 0.25) is 0 Å². The topological polar surface area (TPSA) is 63.2 Å². The van der Waals surface area contributed by atoms with Crippen LogP contribution in [0, 0.1) is 31.7 Å². The normalized spacial score (nSPS) is 34.6. The van der Waals surface area contributed by atoms with Crippen molar-refractivity contribution in [3.8, 4) is 0 Å². The molecule has 36 heavy (non-hydrogen) atoms. The number of fused-ring (bicyclic) bond motifs is 3. The third kappa shape index (κ3) is 5.45. The zero-order chi connectivity index (χ0) is 26.2. The average molecular weight is 620 g/mol. The highest BCUT2D eigenvalue weighted by Gasteiger charge is 2.54. The van der Waals surface area contributed by atoms with Gasteiger partial charge in [0.1, 0.15) is 0 Å². The van der Waals surface area contributed by atoms with Gasteiger partial charge in [-0.15, -0.1) is 6.58 Å². The van der Waals surface area contributed by atoms with Gasteiger partial charge in [-0.25, -0.2) is 13.1 Å². The highest BCUT2D eigenvalue weighted by Crippen LogP contribution is 2.64. The number of carbonyl (C=O) groups is 1. The molecule has 5 atom stereocenters. The van der Waals surface area contributed by atoms with Gasteiger partial charge >= 0.3 is 0 Å². The Hall–Kier alpha value is -1.67. The first kappa shape index (κ1) is 27.4. The fourth-order valence-corrected chi connectivity index (χ4v) is 8.43. The number of halogens is 1. The minimum Gasteiger partial charge on any atom is -0.269 e. The van der Waals surface area contributed by atoms with Crippen molar-refractivity contribution in [2.75, 3.05) is 0 Å². The Labute approximate surface area is 230 Å². The molecule has 0 radical (unpaired) electrons. The van der Waals surface area contributed by atoms with Crippen LogP contribution >= 0.6 is 22.6 Å². The third-order valence-corrected chi connectivity index (χ3v) is 11.2. The van der Waals surface area contributed by atoms with Crippen LogP contribution in [0.2, 0.25) is 0 Å². The average Bonchev–Trinajstić information content (AvgIpc) is 2.81. The number of sulfonamides is 1. The Kier molecular flexibility index (Phi) is 7.78. The van der Waals surface area contributed by atoms with E-state index in [2.05, 4.69) is 72.9 Å². The van der Waals surface area contributed by atoms with Gasteiger partial charge in [0.15, 0.2) is 0 Å². The van der Waals surface area contributed by atoms with E-state index in [0.29, 0.717) is 11.8 Å². The van der Waals surface area contributed by atoms with Crippen molar-refractivity contribution in [2.24, 2.45) is 28.1 Å². The molecule has 2 saturated carbocycles. The maximum atomic E-state index is 12.5. The molecule has 0 aliphatic heterocycles. The molecule has 2 fully saturated rings. The molecule has 194 valence electrons. The maximum absolute atomic E-state index is 12.5. The van der Waals surface area contributed by atoms with Crippen molar-refractivity contribution in [3.63, 3.8) is 0 Å².